The molecular weight excluding hydrogens is 442 g/mol. The summed E-state index contributed by atoms with van der Waals surface area (Å²) in [6.07, 6.45) is 3.94. The fourth-order valence-corrected chi connectivity index (χ4v) is 5.51. The van der Waals surface area contributed by atoms with Crippen molar-refractivity contribution in [2.75, 3.05) is 31.7 Å². The molecule has 0 radical (unpaired) electrons. The van der Waals surface area contributed by atoms with Crippen LogP contribution in [0.3, 0.4) is 0 Å². The topological polar surface area (TPSA) is 79.9 Å². The average Bonchev–Trinajstić information content (AvgIpc) is 3.50. The molecule has 1 saturated heterocycles. The van der Waals surface area contributed by atoms with Crippen LogP contribution < -0.4 is 20.1 Å². The van der Waals surface area contributed by atoms with Gasteiger partial charge in [-0.25, -0.2) is 0 Å². The summed E-state index contributed by atoms with van der Waals surface area (Å²) >= 11 is 0. The number of benzene rings is 2. The van der Waals surface area contributed by atoms with Crippen LogP contribution in [0.1, 0.15) is 43.4 Å². The van der Waals surface area contributed by atoms with Crippen molar-refractivity contribution in [1.29, 1.82) is 0 Å². The van der Waals surface area contributed by atoms with Gasteiger partial charge >= 0.3 is 0 Å². The van der Waals surface area contributed by atoms with Gasteiger partial charge in [-0.3, -0.25) is 9.59 Å². The maximum atomic E-state index is 13.3. The number of ether oxygens (including phenoxy) is 2. The fraction of sp³-hybridized carbons (Fsp3) is 0.500. The van der Waals surface area contributed by atoms with Crippen LogP contribution in [0.15, 0.2) is 36.4 Å². The highest BCUT2D eigenvalue weighted by Crippen LogP contribution is 2.32. The molecule has 0 aromatic heterocycles. The van der Waals surface area contributed by atoms with Gasteiger partial charge < -0.3 is 25.0 Å². The number of aryl methyl sites for hydroxylation is 2. The molecule has 3 aliphatic rings. The van der Waals surface area contributed by atoms with Crippen LogP contribution in [0.5, 0.6) is 11.5 Å². The first-order valence-electron chi connectivity index (χ1n) is 12.8. The Balaban J connectivity index is 1.22. The van der Waals surface area contributed by atoms with Crippen molar-refractivity contribution in [1.82, 2.24) is 10.2 Å². The van der Waals surface area contributed by atoms with E-state index in [2.05, 4.69) is 41.5 Å². The number of nitrogens with zero attached hydrogens (tertiary/aromatic N) is 1. The van der Waals surface area contributed by atoms with Gasteiger partial charge in [-0.2, -0.15) is 0 Å². The van der Waals surface area contributed by atoms with Gasteiger partial charge in [0.25, 0.3) is 0 Å². The number of rotatable bonds is 7. The molecule has 1 fully saturated rings. The number of fused-ring (bicyclic) bond motifs is 2. The van der Waals surface area contributed by atoms with Crippen molar-refractivity contribution in [3.05, 3.63) is 53.1 Å². The van der Waals surface area contributed by atoms with Gasteiger partial charge in [-0.05, 0) is 72.6 Å². The maximum absolute atomic E-state index is 13.3. The van der Waals surface area contributed by atoms with E-state index in [4.69, 9.17) is 9.47 Å². The van der Waals surface area contributed by atoms with E-state index in [-0.39, 0.29) is 30.4 Å². The van der Waals surface area contributed by atoms with Crippen LogP contribution in [0.25, 0.3) is 0 Å². The maximum Gasteiger partial charge on any atom is 0.231 e. The molecule has 5 rings (SSSR count). The minimum atomic E-state index is -0.229. The fourth-order valence-electron chi connectivity index (χ4n) is 5.51. The third kappa shape index (κ3) is 5.61. The molecule has 2 atom stereocenters. The zero-order valence-corrected chi connectivity index (χ0v) is 20.6. The summed E-state index contributed by atoms with van der Waals surface area (Å²) in [4.78, 5) is 28.7. The van der Waals surface area contributed by atoms with Gasteiger partial charge in [0.05, 0.1) is 11.8 Å². The van der Waals surface area contributed by atoms with Gasteiger partial charge in [-0.1, -0.05) is 26.0 Å². The lowest BCUT2D eigenvalue weighted by Gasteiger charge is -2.37. The molecule has 186 valence electrons. The minimum Gasteiger partial charge on any atom is -0.454 e. The molecular formula is C28H35N3O4. The molecule has 2 aliphatic heterocycles. The van der Waals surface area contributed by atoms with Gasteiger partial charge in [0.2, 0.25) is 18.6 Å². The summed E-state index contributed by atoms with van der Waals surface area (Å²) in [5.41, 5.74) is 4.56. The zero-order chi connectivity index (χ0) is 24.4. The summed E-state index contributed by atoms with van der Waals surface area (Å²) in [6.45, 7) is 7.21. The Morgan fingerprint density at radius 2 is 1.74 bits per heavy atom. The number of nitrogens with one attached hydrogen (secondary N) is 2. The quantitative estimate of drug-likeness (QED) is 0.635. The predicted molar refractivity (Wildman–Crippen MR) is 134 cm³/mol. The molecule has 2 N–H and O–H groups in total. The molecule has 7 nitrogen and oxygen atoms in total. The van der Waals surface area contributed by atoms with Crippen LogP contribution in [-0.4, -0.2) is 43.1 Å². The van der Waals surface area contributed by atoms with Crippen molar-refractivity contribution in [3.8, 4) is 11.5 Å². The number of anilines is 1. The Labute approximate surface area is 207 Å². The monoisotopic (exact) mass is 477 g/mol. The Hall–Kier alpha value is -3.06. The number of carbonyl (C=O) groups excluding carboxylic acids is 2. The lowest BCUT2D eigenvalue weighted by atomic mass is 9.87. The van der Waals surface area contributed by atoms with E-state index in [1.165, 1.54) is 17.5 Å². The van der Waals surface area contributed by atoms with Crippen LogP contribution >= 0.6 is 0 Å². The first-order valence-corrected chi connectivity index (χ1v) is 12.8. The van der Waals surface area contributed by atoms with Gasteiger partial charge in [0, 0.05) is 31.9 Å². The van der Waals surface area contributed by atoms with Gasteiger partial charge in [0.15, 0.2) is 11.5 Å². The normalized spacial score (nSPS) is 21.1. The van der Waals surface area contributed by atoms with E-state index < -0.39 is 0 Å². The molecule has 0 unspecified atom stereocenters. The van der Waals surface area contributed by atoms with E-state index in [1.807, 2.05) is 24.3 Å². The second kappa shape index (κ2) is 10.3. The summed E-state index contributed by atoms with van der Waals surface area (Å²) in [5.74, 6) is 1.45. The van der Waals surface area contributed by atoms with E-state index in [0.717, 1.165) is 36.4 Å². The van der Waals surface area contributed by atoms with Crippen molar-refractivity contribution < 1.29 is 19.1 Å². The number of amides is 2. The smallest absolute Gasteiger partial charge is 0.231 e. The van der Waals surface area contributed by atoms with E-state index in [0.29, 0.717) is 37.7 Å². The first-order chi connectivity index (χ1) is 16.9. The van der Waals surface area contributed by atoms with Crippen LogP contribution in [0.4, 0.5) is 5.69 Å². The Kier molecular flexibility index (Phi) is 6.95. The highest BCUT2D eigenvalue weighted by Gasteiger charge is 2.35. The van der Waals surface area contributed by atoms with Crippen LogP contribution in [0, 0.1) is 17.8 Å². The van der Waals surface area contributed by atoms with E-state index >= 15 is 0 Å². The van der Waals surface area contributed by atoms with Crippen LogP contribution in [-0.2, 0) is 29.0 Å². The van der Waals surface area contributed by atoms with Gasteiger partial charge in [-0.15, -0.1) is 0 Å². The molecule has 7 heteroatoms. The molecule has 2 amide bonds. The molecule has 1 aliphatic carbocycles. The summed E-state index contributed by atoms with van der Waals surface area (Å²) < 4.78 is 10.8. The lowest BCUT2D eigenvalue weighted by molar-refractivity contribution is -0.130. The third-order valence-corrected chi connectivity index (χ3v) is 7.16. The van der Waals surface area contributed by atoms with Gasteiger partial charge in [0.1, 0.15) is 0 Å². The SMILES string of the molecule is CC(C)CN1C[C@@H](C(=O)NCc2ccc3c(c2)OCO3)C[C@@H](C(=O)Nc2ccc3c(c2)CCC3)C1. The molecule has 35 heavy (non-hydrogen) atoms. The molecule has 0 bridgehead atoms. The molecule has 2 heterocycles. The van der Waals surface area contributed by atoms with Crippen molar-refractivity contribution in [2.24, 2.45) is 17.8 Å². The van der Waals surface area contributed by atoms with Crippen molar-refractivity contribution in [2.45, 2.75) is 46.1 Å². The second-order valence-electron chi connectivity index (χ2n) is 10.5. The first kappa shape index (κ1) is 23.7. The molecule has 0 spiro atoms. The largest absolute Gasteiger partial charge is 0.454 e. The summed E-state index contributed by atoms with van der Waals surface area (Å²) in [6, 6.07) is 12.0. The second-order valence-corrected chi connectivity index (χ2v) is 10.5. The van der Waals surface area contributed by atoms with E-state index in [9.17, 15) is 9.59 Å². The number of likely N-dealkylation sites (tertiary alicyclic amines) is 1. The Bertz CT molecular complexity index is 1100. The zero-order valence-electron chi connectivity index (χ0n) is 20.6. The number of hydrogen-bond donors (Lipinski definition) is 2. The lowest BCUT2D eigenvalue weighted by Crippen LogP contribution is -2.50. The number of hydrogen-bond acceptors (Lipinski definition) is 5. The highest BCUT2D eigenvalue weighted by molar-refractivity contribution is 5.93. The number of piperidine rings is 1. The molecule has 0 saturated carbocycles. The van der Waals surface area contributed by atoms with Crippen LogP contribution in [0.2, 0.25) is 0 Å². The molecule has 2 aromatic rings. The van der Waals surface area contributed by atoms with Crippen molar-refractivity contribution in [3.63, 3.8) is 0 Å². The summed E-state index contributed by atoms with van der Waals surface area (Å²) in [5, 5.41) is 6.21. The minimum absolute atomic E-state index is 0.00461. The van der Waals surface area contributed by atoms with E-state index in [1.54, 1.807) is 0 Å². The highest BCUT2D eigenvalue weighted by atomic mass is 16.7. The Morgan fingerprint density at radius 3 is 2.57 bits per heavy atom. The Morgan fingerprint density at radius 1 is 0.971 bits per heavy atom. The number of carbonyl (C=O) groups is 2. The standard InChI is InChI=1S/C28H35N3O4/c1-18(2)14-31-15-22(27(32)29-13-19-6-9-25-26(10-19)35-17-34-25)11-23(16-31)28(33)30-24-8-7-20-4-3-5-21(20)12-24/h6-10,12,18,22-23H,3-5,11,13-17H2,1-2H3,(H,29,32)(H,30,33)/t22-,23+/m0/s1. The van der Waals surface area contributed by atoms with Crippen molar-refractivity contribution >= 4 is 17.5 Å². The predicted octanol–water partition coefficient (Wildman–Crippen LogP) is 3.75. The molecule has 2 aromatic carbocycles. The summed E-state index contributed by atoms with van der Waals surface area (Å²) in [7, 11) is 0. The third-order valence-electron chi connectivity index (χ3n) is 7.16. The average molecular weight is 478 g/mol.